The molecule has 21 heavy (non-hydrogen) atoms. The van der Waals surface area contributed by atoms with E-state index in [2.05, 4.69) is 4.98 Å². The summed E-state index contributed by atoms with van der Waals surface area (Å²) in [6.07, 6.45) is 3.18. The number of para-hydroxylation sites is 1. The summed E-state index contributed by atoms with van der Waals surface area (Å²) in [4.78, 5) is 16.3. The molecule has 2 aromatic rings. The molecule has 0 radical (unpaired) electrons. The highest BCUT2D eigenvalue weighted by Gasteiger charge is 2.27. The summed E-state index contributed by atoms with van der Waals surface area (Å²) in [5.74, 6) is 0.842. The molecule has 1 aliphatic rings. The smallest absolute Gasteiger partial charge is 0.407 e. The molecule has 5 heteroatoms. The highest BCUT2D eigenvalue weighted by atomic mass is 16.5. The molecular formula is C16H16N2O3. The van der Waals surface area contributed by atoms with Gasteiger partial charge in [-0.15, -0.1) is 0 Å². The summed E-state index contributed by atoms with van der Waals surface area (Å²) < 4.78 is 5.98. The van der Waals surface area contributed by atoms with Crippen LogP contribution in [0.4, 0.5) is 4.79 Å². The first-order valence-electron chi connectivity index (χ1n) is 6.78. The Hall–Kier alpha value is -2.56. The van der Waals surface area contributed by atoms with Gasteiger partial charge in [-0.05, 0) is 11.6 Å². The van der Waals surface area contributed by atoms with E-state index in [4.69, 9.17) is 9.84 Å². The van der Waals surface area contributed by atoms with Gasteiger partial charge in [-0.1, -0.05) is 24.3 Å². The van der Waals surface area contributed by atoms with Crippen LogP contribution in [-0.4, -0.2) is 40.8 Å². The van der Waals surface area contributed by atoms with Crippen molar-refractivity contribution < 1.29 is 14.6 Å². The van der Waals surface area contributed by atoms with Crippen LogP contribution >= 0.6 is 0 Å². The van der Waals surface area contributed by atoms with Gasteiger partial charge in [-0.2, -0.15) is 0 Å². The number of nitrogens with zero attached hydrogens (tertiary/aromatic N) is 2. The number of carboxylic acid groups (broad SMARTS) is 1. The van der Waals surface area contributed by atoms with Gasteiger partial charge in [-0.3, -0.25) is 4.98 Å². The first-order valence-corrected chi connectivity index (χ1v) is 6.78. The highest BCUT2D eigenvalue weighted by Crippen LogP contribution is 2.38. The van der Waals surface area contributed by atoms with Crippen LogP contribution in [0.3, 0.4) is 0 Å². The minimum atomic E-state index is -0.943. The van der Waals surface area contributed by atoms with E-state index in [0.29, 0.717) is 6.54 Å². The molecule has 0 aliphatic carbocycles. The van der Waals surface area contributed by atoms with Crippen molar-refractivity contribution in [3.05, 3.63) is 48.3 Å². The van der Waals surface area contributed by atoms with E-state index in [0.717, 1.165) is 28.9 Å². The minimum absolute atomic E-state index is 0.140. The first kappa shape index (κ1) is 13.4. The van der Waals surface area contributed by atoms with Crippen LogP contribution in [0.5, 0.6) is 5.75 Å². The molecule has 1 atom stereocenters. The molecule has 5 nitrogen and oxygen atoms in total. The van der Waals surface area contributed by atoms with Gasteiger partial charge in [0.15, 0.2) is 0 Å². The number of fused-ring (bicyclic) bond motifs is 1. The van der Waals surface area contributed by atoms with E-state index in [1.54, 1.807) is 19.4 Å². The van der Waals surface area contributed by atoms with Crippen LogP contribution < -0.4 is 4.74 Å². The number of amides is 1. The molecular weight excluding hydrogens is 268 g/mol. The summed E-state index contributed by atoms with van der Waals surface area (Å²) in [5.41, 5.74) is 3.11. The Bertz CT molecular complexity index is 658. The summed E-state index contributed by atoms with van der Waals surface area (Å²) in [6.45, 7) is 0.358. The van der Waals surface area contributed by atoms with Gasteiger partial charge < -0.3 is 14.7 Å². The van der Waals surface area contributed by atoms with Gasteiger partial charge in [0.2, 0.25) is 0 Å². The Morgan fingerprint density at radius 2 is 2.29 bits per heavy atom. The van der Waals surface area contributed by atoms with Gasteiger partial charge in [0, 0.05) is 37.0 Å². The van der Waals surface area contributed by atoms with E-state index in [9.17, 15) is 4.79 Å². The average molecular weight is 284 g/mol. The van der Waals surface area contributed by atoms with Gasteiger partial charge in [0.25, 0.3) is 0 Å². The Morgan fingerprint density at radius 1 is 1.43 bits per heavy atom. The first-order chi connectivity index (χ1) is 10.1. The largest absolute Gasteiger partial charge is 0.487 e. The number of aromatic nitrogens is 1. The van der Waals surface area contributed by atoms with E-state index >= 15 is 0 Å². The van der Waals surface area contributed by atoms with Crippen molar-refractivity contribution in [1.82, 2.24) is 9.88 Å². The van der Waals surface area contributed by atoms with Crippen LogP contribution in [0.25, 0.3) is 11.1 Å². The lowest BCUT2D eigenvalue weighted by molar-refractivity contribution is 0.129. The summed E-state index contributed by atoms with van der Waals surface area (Å²) >= 11 is 0. The van der Waals surface area contributed by atoms with Crippen molar-refractivity contribution in [1.29, 1.82) is 0 Å². The topological polar surface area (TPSA) is 62.7 Å². The number of ether oxygens (including phenoxy) is 1. The zero-order valence-corrected chi connectivity index (χ0v) is 11.7. The summed E-state index contributed by atoms with van der Waals surface area (Å²) in [6, 6.07) is 9.89. The average Bonchev–Trinajstić information content (AvgIpc) is 2.90. The van der Waals surface area contributed by atoms with Crippen LogP contribution in [0.15, 0.2) is 42.7 Å². The van der Waals surface area contributed by atoms with Gasteiger partial charge in [-0.25, -0.2) is 4.79 Å². The number of carbonyl (C=O) groups is 1. The Morgan fingerprint density at radius 3 is 3.00 bits per heavy atom. The maximum atomic E-state index is 10.9. The van der Waals surface area contributed by atoms with Gasteiger partial charge in [0.1, 0.15) is 11.9 Å². The molecule has 1 aromatic heterocycles. The quantitative estimate of drug-likeness (QED) is 0.941. The molecule has 0 spiro atoms. The fourth-order valence-corrected chi connectivity index (χ4v) is 2.57. The van der Waals surface area contributed by atoms with Gasteiger partial charge in [0.05, 0.1) is 6.54 Å². The lowest BCUT2D eigenvalue weighted by Crippen LogP contribution is -2.35. The van der Waals surface area contributed by atoms with E-state index in [1.807, 2.05) is 30.3 Å². The lowest BCUT2D eigenvalue weighted by Gasteiger charge is -2.18. The van der Waals surface area contributed by atoms with Crippen molar-refractivity contribution in [2.45, 2.75) is 12.5 Å². The SMILES string of the molecule is CN(CC1Cc2cccc(-c3cccnc3)c2O1)C(=O)O. The monoisotopic (exact) mass is 284 g/mol. The third kappa shape index (κ3) is 2.67. The number of likely N-dealkylation sites (N-methyl/N-ethyl adjacent to an activating group) is 1. The highest BCUT2D eigenvalue weighted by molar-refractivity contribution is 5.72. The predicted octanol–water partition coefficient (Wildman–Crippen LogP) is 2.66. The minimum Gasteiger partial charge on any atom is -0.487 e. The Labute approximate surface area is 122 Å². The molecule has 1 unspecified atom stereocenters. The zero-order valence-electron chi connectivity index (χ0n) is 11.7. The number of benzene rings is 1. The van der Waals surface area contributed by atoms with E-state index < -0.39 is 6.09 Å². The molecule has 0 fully saturated rings. The second-order valence-corrected chi connectivity index (χ2v) is 5.14. The maximum absolute atomic E-state index is 10.9. The second kappa shape index (κ2) is 5.44. The van der Waals surface area contributed by atoms with Crippen molar-refractivity contribution >= 4 is 6.09 Å². The number of hydrogen-bond acceptors (Lipinski definition) is 3. The third-order valence-corrected chi connectivity index (χ3v) is 3.61. The third-order valence-electron chi connectivity index (χ3n) is 3.61. The Balaban J connectivity index is 1.85. The Kier molecular flexibility index (Phi) is 3.48. The molecule has 108 valence electrons. The molecule has 2 heterocycles. The molecule has 0 saturated heterocycles. The van der Waals surface area contributed by atoms with Crippen molar-refractivity contribution in [2.24, 2.45) is 0 Å². The maximum Gasteiger partial charge on any atom is 0.407 e. The van der Waals surface area contributed by atoms with Crippen molar-refractivity contribution in [3.63, 3.8) is 0 Å². The fraction of sp³-hybridized carbons (Fsp3) is 0.250. The summed E-state index contributed by atoms with van der Waals surface area (Å²) in [5, 5.41) is 8.95. The molecule has 1 aliphatic heterocycles. The lowest BCUT2D eigenvalue weighted by atomic mass is 10.0. The second-order valence-electron chi connectivity index (χ2n) is 5.14. The van der Waals surface area contributed by atoms with E-state index in [1.165, 1.54) is 4.90 Å². The predicted molar refractivity (Wildman–Crippen MR) is 78.4 cm³/mol. The van der Waals surface area contributed by atoms with Crippen LogP contribution in [0.2, 0.25) is 0 Å². The molecule has 0 bridgehead atoms. The van der Waals surface area contributed by atoms with Gasteiger partial charge >= 0.3 is 6.09 Å². The normalized spacial score (nSPS) is 16.1. The number of pyridine rings is 1. The van der Waals surface area contributed by atoms with Crippen molar-refractivity contribution in [3.8, 4) is 16.9 Å². The molecule has 0 saturated carbocycles. The fourth-order valence-electron chi connectivity index (χ4n) is 2.57. The molecule has 1 amide bonds. The van der Waals surface area contributed by atoms with E-state index in [-0.39, 0.29) is 6.10 Å². The number of hydrogen-bond donors (Lipinski definition) is 1. The van der Waals surface area contributed by atoms with Crippen LogP contribution in [0.1, 0.15) is 5.56 Å². The standard InChI is InChI=1S/C16H16N2O3/c1-18(16(19)20)10-13-8-11-4-2-6-14(15(11)21-13)12-5-3-7-17-9-12/h2-7,9,13H,8,10H2,1H3,(H,19,20). The summed E-state index contributed by atoms with van der Waals surface area (Å²) in [7, 11) is 1.55. The van der Waals surface area contributed by atoms with Crippen molar-refractivity contribution in [2.75, 3.05) is 13.6 Å². The number of rotatable bonds is 3. The van der Waals surface area contributed by atoms with Crippen LogP contribution in [0, 0.1) is 0 Å². The molecule has 3 rings (SSSR count). The molecule has 1 aromatic carbocycles. The molecule has 1 N–H and O–H groups in total. The van der Waals surface area contributed by atoms with Crippen LogP contribution in [-0.2, 0) is 6.42 Å². The zero-order chi connectivity index (χ0) is 14.8.